The Kier molecular flexibility index (Phi) is 11.1. The molecule has 0 aromatic heterocycles. The maximum absolute atomic E-state index is 14.1. The van der Waals surface area contributed by atoms with Crippen molar-refractivity contribution in [3.05, 3.63) is 70.3 Å². The first-order valence-corrected chi connectivity index (χ1v) is 24.9. The van der Waals surface area contributed by atoms with Crippen molar-refractivity contribution in [3.8, 4) is 5.75 Å². The second-order valence-corrected chi connectivity index (χ2v) is 25.7. The number of hydrogen-bond acceptors (Lipinski definition) is 8. The molecule has 3 heterocycles. The molecular formula is C42H59ClN4O7SSi. The molecule has 11 nitrogen and oxygen atoms in total. The molecule has 56 heavy (non-hydrogen) atoms. The van der Waals surface area contributed by atoms with Gasteiger partial charge >= 0.3 is 10.2 Å². The van der Waals surface area contributed by atoms with E-state index in [1.54, 1.807) is 23.1 Å². The normalized spacial score (nSPS) is 30.2. The number of hydrogen-bond donors (Lipinski definition) is 2. The second-order valence-electron chi connectivity index (χ2n) is 18.6. The van der Waals surface area contributed by atoms with Crippen LogP contribution in [0.4, 0.5) is 5.69 Å². The summed E-state index contributed by atoms with van der Waals surface area (Å²) >= 11 is 6.51. The molecule has 14 heteroatoms. The Morgan fingerprint density at radius 1 is 1.12 bits per heavy atom. The number of anilines is 1. The predicted molar refractivity (Wildman–Crippen MR) is 222 cm³/mol. The molecular weight excluding hydrogens is 768 g/mol. The zero-order chi connectivity index (χ0) is 40.4. The van der Waals surface area contributed by atoms with Crippen molar-refractivity contribution >= 4 is 47.6 Å². The summed E-state index contributed by atoms with van der Waals surface area (Å²) in [6.45, 7) is 13.7. The highest BCUT2D eigenvalue weighted by atomic mass is 35.5. The van der Waals surface area contributed by atoms with E-state index < -0.39 is 42.4 Å². The van der Waals surface area contributed by atoms with Crippen LogP contribution in [0.2, 0.25) is 23.2 Å². The lowest BCUT2D eigenvalue weighted by Crippen LogP contribution is -2.56. The van der Waals surface area contributed by atoms with Crippen LogP contribution in [0, 0.1) is 11.8 Å². The third kappa shape index (κ3) is 7.68. The van der Waals surface area contributed by atoms with Crippen LogP contribution >= 0.6 is 11.6 Å². The standard InChI is InChI=1S/C42H59ClN4O7SSi/c1-40(2,3)56(6,7)54-36-12-8-11-32-19-21-47(32)38(48)24-42(50,39(49)44-55(51,52)45(4)5)30-14-18-37-35(23-30)46(25-29-13-16-33(29)36)26-41(27-53-37)20-9-10-28-22-31(43)15-17-34(28)41/h8,12,14-15,17-18,22-23,29,32-33,36,50H,9-11,13,16,19-21,24-27H2,1-7H3,(H,44,49)/b12-8+/t29-,32-,33+,36-,41-,42-/m0/s1. The van der Waals surface area contributed by atoms with Crippen LogP contribution in [0.25, 0.3) is 0 Å². The van der Waals surface area contributed by atoms with Crippen LogP contribution in [0.15, 0.2) is 48.6 Å². The Morgan fingerprint density at radius 2 is 1.89 bits per heavy atom. The molecule has 2 fully saturated rings. The van der Waals surface area contributed by atoms with Gasteiger partial charge in [0.1, 0.15) is 5.75 Å². The number of carbonyl (C=O) groups is 2. The largest absolute Gasteiger partial charge is 0.490 e. The quantitative estimate of drug-likeness (QED) is 0.266. The van der Waals surface area contributed by atoms with Gasteiger partial charge in [0.15, 0.2) is 13.9 Å². The van der Waals surface area contributed by atoms with Crippen molar-refractivity contribution in [2.45, 2.75) is 113 Å². The number of benzene rings is 2. The van der Waals surface area contributed by atoms with Gasteiger partial charge in [-0.25, -0.2) is 4.72 Å². The van der Waals surface area contributed by atoms with Gasteiger partial charge in [-0.15, -0.1) is 0 Å². The molecule has 1 spiro atoms. The van der Waals surface area contributed by atoms with Crippen LogP contribution in [0.5, 0.6) is 5.75 Å². The van der Waals surface area contributed by atoms with Gasteiger partial charge in [0.25, 0.3) is 5.91 Å². The maximum atomic E-state index is 14.1. The van der Waals surface area contributed by atoms with E-state index in [9.17, 15) is 23.1 Å². The number of ether oxygens (including phenoxy) is 1. The minimum Gasteiger partial charge on any atom is -0.490 e. The highest BCUT2D eigenvalue weighted by Crippen LogP contribution is 2.49. The summed E-state index contributed by atoms with van der Waals surface area (Å²) in [5.41, 5.74) is 0.424. The molecule has 5 aliphatic rings. The third-order valence-corrected chi connectivity index (χ3v) is 19.9. The van der Waals surface area contributed by atoms with Crippen LogP contribution in [-0.2, 0) is 41.7 Å². The van der Waals surface area contributed by atoms with E-state index >= 15 is 0 Å². The Morgan fingerprint density at radius 3 is 2.55 bits per heavy atom. The van der Waals surface area contributed by atoms with E-state index in [2.05, 4.69) is 63.0 Å². The zero-order valence-electron chi connectivity index (χ0n) is 33.9. The van der Waals surface area contributed by atoms with Crippen LogP contribution in [0.1, 0.15) is 82.4 Å². The lowest BCUT2D eigenvalue weighted by Gasteiger charge is -2.48. The first-order chi connectivity index (χ1) is 26.2. The van der Waals surface area contributed by atoms with Gasteiger partial charge in [-0.3, -0.25) is 9.59 Å². The molecule has 2 bridgehead atoms. The van der Waals surface area contributed by atoms with Crippen molar-refractivity contribution in [2.24, 2.45) is 11.8 Å². The monoisotopic (exact) mass is 826 g/mol. The number of amides is 2. The Balaban J connectivity index is 1.35. The van der Waals surface area contributed by atoms with Crippen molar-refractivity contribution < 1.29 is 32.3 Å². The van der Waals surface area contributed by atoms with Crippen molar-refractivity contribution in [3.63, 3.8) is 0 Å². The minimum absolute atomic E-state index is 0.0304. The molecule has 2 aromatic carbocycles. The fourth-order valence-electron chi connectivity index (χ4n) is 9.01. The summed E-state index contributed by atoms with van der Waals surface area (Å²) in [5, 5.41) is 13.2. The predicted octanol–water partition coefficient (Wildman–Crippen LogP) is 6.29. The number of carbonyl (C=O) groups excluding carboxylic acids is 2. The van der Waals surface area contributed by atoms with Crippen molar-refractivity contribution in [1.29, 1.82) is 0 Å². The number of aryl methyl sites for hydroxylation is 1. The molecule has 2 amide bonds. The second kappa shape index (κ2) is 15.0. The number of nitrogens with one attached hydrogen (secondary N) is 1. The van der Waals surface area contributed by atoms with E-state index in [1.807, 2.05) is 10.8 Å². The summed E-state index contributed by atoms with van der Waals surface area (Å²) in [5.74, 6) is -0.436. The third-order valence-electron chi connectivity index (χ3n) is 13.8. The number of fused-ring (bicyclic) bond motifs is 5. The summed E-state index contributed by atoms with van der Waals surface area (Å²) in [6, 6.07) is 11.1. The number of halogens is 1. The molecule has 3 aliphatic heterocycles. The number of rotatable bonds is 5. The van der Waals surface area contributed by atoms with Gasteiger partial charge < -0.3 is 24.1 Å². The molecule has 2 aliphatic carbocycles. The lowest BCUT2D eigenvalue weighted by molar-refractivity contribution is -0.153. The van der Waals surface area contributed by atoms with Gasteiger partial charge in [-0.2, -0.15) is 12.7 Å². The molecule has 0 unspecified atom stereocenters. The first-order valence-electron chi connectivity index (χ1n) is 20.2. The maximum Gasteiger partial charge on any atom is 0.303 e. The number of nitrogens with zero attached hydrogens (tertiary/aromatic N) is 3. The molecule has 0 radical (unpaired) electrons. The Bertz CT molecular complexity index is 2000. The summed E-state index contributed by atoms with van der Waals surface area (Å²) in [7, 11) is -3.86. The average Bonchev–Trinajstić information content (AvgIpc) is 3.23. The Hall–Kier alpha value is -2.94. The van der Waals surface area contributed by atoms with Crippen LogP contribution in [0.3, 0.4) is 0 Å². The van der Waals surface area contributed by atoms with Gasteiger partial charge in [0, 0.05) is 50.2 Å². The smallest absolute Gasteiger partial charge is 0.303 e. The van der Waals surface area contributed by atoms with E-state index in [1.165, 1.54) is 25.2 Å². The van der Waals surface area contributed by atoms with E-state index in [0.717, 1.165) is 42.8 Å². The molecule has 2 aromatic rings. The molecule has 2 N–H and O–H groups in total. The molecule has 1 saturated carbocycles. The van der Waals surface area contributed by atoms with Crippen molar-refractivity contribution in [1.82, 2.24) is 13.9 Å². The SMILES string of the molecule is CN(C)S(=O)(=O)NC(=O)[C@]1(O)CC(=O)N2CC[C@@H]2C/C=C/[C@H](O[Si](C)(C)C(C)(C)C)[C@@H]2CC[C@H]2CN2C[C@@]3(CCCc4cc(Cl)ccc43)COc3ccc1cc32. The molecule has 1 saturated heterocycles. The van der Waals surface area contributed by atoms with E-state index in [0.29, 0.717) is 49.1 Å². The first kappa shape index (κ1) is 41.2. The fraction of sp³-hybridized carbons (Fsp3) is 0.619. The van der Waals surface area contributed by atoms with Gasteiger partial charge in [0.2, 0.25) is 5.91 Å². The topological polar surface area (TPSA) is 129 Å². The van der Waals surface area contributed by atoms with Crippen molar-refractivity contribution in [2.75, 3.05) is 45.2 Å². The van der Waals surface area contributed by atoms with Crippen LogP contribution < -0.4 is 14.4 Å². The van der Waals surface area contributed by atoms with E-state index in [4.69, 9.17) is 20.8 Å². The molecule has 306 valence electrons. The molecule has 6 atom stereocenters. The van der Waals surface area contributed by atoms with E-state index in [-0.39, 0.29) is 40.0 Å². The highest BCUT2D eigenvalue weighted by molar-refractivity contribution is 7.87. The van der Waals surface area contributed by atoms with Gasteiger partial charge in [0.05, 0.1) is 24.8 Å². The lowest BCUT2D eigenvalue weighted by atomic mass is 9.68. The minimum atomic E-state index is -4.29. The summed E-state index contributed by atoms with van der Waals surface area (Å²) in [6.07, 6.45) is 9.99. The molecule has 7 rings (SSSR count). The number of aliphatic hydroxyl groups is 1. The average molecular weight is 828 g/mol. The summed E-state index contributed by atoms with van der Waals surface area (Å²) < 4.78 is 42.8. The highest BCUT2D eigenvalue weighted by Gasteiger charge is 2.49. The zero-order valence-corrected chi connectivity index (χ0v) is 36.5. The summed E-state index contributed by atoms with van der Waals surface area (Å²) in [4.78, 5) is 32.2. The van der Waals surface area contributed by atoms with Gasteiger partial charge in [-0.05, 0) is 116 Å². The van der Waals surface area contributed by atoms with Gasteiger partial charge in [-0.1, -0.05) is 56.7 Å². The Labute approximate surface area is 339 Å². The fourth-order valence-corrected chi connectivity index (χ4v) is 11.1. The van der Waals surface area contributed by atoms with Crippen LogP contribution in [-0.4, -0.2) is 95.3 Å².